The normalized spacial score (nSPS) is 17.4. The molecular weight excluding hydrogens is 506 g/mol. The lowest BCUT2D eigenvalue weighted by atomic mass is 9.82. The number of aliphatic carboxylic acids is 1. The average Bonchev–Trinajstić information content (AvgIpc) is 3.14. The summed E-state index contributed by atoms with van der Waals surface area (Å²) < 4.78 is 5.42. The lowest BCUT2D eigenvalue weighted by Crippen LogP contribution is -2.32. The van der Waals surface area contributed by atoms with Gasteiger partial charge in [-0.3, -0.25) is 14.5 Å². The molecule has 1 saturated carbocycles. The van der Waals surface area contributed by atoms with Gasteiger partial charge in [0.25, 0.3) is 0 Å². The molecule has 40 heavy (non-hydrogen) atoms. The number of nitrogens with two attached hydrogens (primary N) is 2. The zero-order valence-corrected chi connectivity index (χ0v) is 22.4. The van der Waals surface area contributed by atoms with Crippen LogP contribution < -0.4 is 21.1 Å². The van der Waals surface area contributed by atoms with E-state index in [0.717, 1.165) is 53.7 Å². The number of anilines is 2. The molecule has 2 aliphatic rings. The highest BCUT2D eigenvalue weighted by molar-refractivity contribution is 6.04. The number of urea groups is 1. The summed E-state index contributed by atoms with van der Waals surface area (Å²) in [4.78, 5) is 36.0. The van der Waals surface area contributed by atoms with Gasteiger partial charge >= 0.3 is 18.0 Å². The largest absolute Gasteiger partial charge is 0.481 e. The van der Waals surface area contributed by atoms with Crippen molar-refractivity contribution >= 4 is 41.5 Å². The van der Waals surface area contributed by atoms with Gasteiger partial charge in [0, 0.05) is 6.42 Å². The van der Waals surface area contributed by atoms with E-state index in [9.17, 15) is 14.4 Å². The fourth-order valence-electron chi connectivity index (χ4n) is 5.02. The maximum atomic E-state index is 12.1. The lowest BCUT2D eigenvalue weighted by Gasteiger charge is -2.26. The van der Waals surface area contributed by atoms with Crippen LogP contribution in [0, 0.1) is 11.8 Å². The number of hydrogen-bond donors (Lipinski definition) is 3. The van der Waals surface area contributed by atoms with Crippen LogP contribution in [-0.4, -0.2) is 29.6 Å². The molecule has 1 aliphatic carbocycles. The number of amides is 2. The number of carbonyl (C=O) groups is 3. The predicted octanol–water partition coefficient (Wildman–Crippen LogP) is 5.76. The van der Waals surface area contributed by atoms with Crippen molar-refractivity contribution in [3.8, 4) is 5.75 Å². The second kappa shape index (κ2) is 13.6. The minimum Gasteiger partial charge on any atom is -0.481 e. The van der Waals surface area contributed by atoms with Crippen LogP contribution in [-0.2, 0) is 16.0 Å². The monoisotopic (exact) mass is 541 g/mol. The number of rotatable bonds is 6. The van der Waals surface area contributed by atoms with Crippen molar-refractivity contribution in [2.24, 2.45) is 23.3 Å². The summed E-state index contributed by atoms with van der Waals surface area (Å²) in [5, 5.41) is 8.65. The van der Waals surface area contributed by atoms with E-state index in [1.54, 1.807) is 29.2 Å². The van der Waals surface area contributed by atoms with Crippen LogP contribution in [0.1, 0.15) is 48.8 Å². The molecular formula is C32H35N3O5. The van der Waals surface area contributed by atoms with Crippen molar-refractivity contribution < 1.29 is 24.2 Å². The Bertz CT molecular complexity index is 1310. The number of carboxylic acid groups (broad SMARTS) is 1. The van der Waals surface area contributed by atoms with E-state index in [1.165, 1.54) is 0 Å². The van der Waals surface area contributed by atoms with Gasteiger partial charge in [-0.05, 0) is 85.5 Å². The van der Waals surface area contributed by atoms with Gasteiger partial charge in [-0.25, -0.2) is 4.79 Å². The molecule has 8 nitrogen and oxygen atoms in total. The maximum absolute atomic E-state index is 12.1. The standard InChI is InChI=1S/C17H23NO4.C15H12N2O/c18-11-13-1-6-14(7-2-13)17(21)22-15-8-3-12(4-9-15)5-10-16(19)20;16-15(18)17-13-7-3-1-5-11(13)9-10-12-6-2-4-8-14(12)17/h3-4,8-9,13-14H,1-2,5-7,10-11,18H2,(H,19,20);1-10H,(H2,16,18). The van der Waals surface area contributed by atoms with Crippen LogP contribution >= 0.6 is 0 Å². The Morgan fingerprint density at radius 2 is 1.38 bits per heavy atom. The highest BCUT2D eigenvalue weighted by atomic mass is 16.5. The summed E-state index contributed by atoms with van der Waals surface area (Å²) in [6, 6.07) is 22.0. The molecule has 8 heteroatoms. The Labute approximate surface area is 234 Å². The van der Waals surface area contributed by atoms with E-state index in [4.69, 9.17) is 21.3 Å². The lowest BCUT2D eigenvalue weighted by molar-refractivity contribution is -0.140. The van der Waals surface area contributed by atoms with Crippen molar-refractivity contribution in [2.45, 2.75) is 38.5 Å². The van der Waals surface area contributed by atoms with Crippen LogP contribution in [0.15, 0.2) is 72.8 Å². The number of fused-ring (bicyclic) bond motifs is 2. The molecule has 0 atom stereocenters. The first kappa shape index (κ1) is 28.6. The molecule has 3 aromatic carbocycles. The number of esters is 1. The van der Waals surface area contributed by atoms with Crippen LogP contribution in [0.4, 0.5) is 16.2 Å². The highest BCUT2D eigenvalue weighted by Gasteiger charge is 2.27. The van der Waals surface area contributed by atoms with E-state index in [0.29, 0.717) is 24.6 Å². The van der Waals surface area contributed by atoms with Crippen LogP contribution in [0.3, 0.4) is 0 Å². The third kappa shape index (κ3) is 7.36. The predicted molar refractivity (Wildman–Crippen MR) is 156 cm³/mol. The number of carboxylic acids is 1. The van der Waals surface area contributed by atoms with Crippen LogP contribution in [0.5, 0.6) is 5.75 Å². The molecule has 0 radical (unpaired) electrons. The Morgan fingerprint density at radius 3 is 1.88 bits per heavy atom. The zero-order valence-electron chi connectivity index (χ0n) is 22.4. The summed E-state index contributed by atoms with van der Waals surface area (Å²) >= 11 is 0. The number of carbonyl (C=O) groups excluding carboxylic acids is 2. The van der Waals surface area contributed by atoms with Crippen molar-refractivity contribution in [3.63, 3.8) is 0 Å². The van der Waals surface area contributed by atoms with Crippen molar-refractivity contribution in [1.29, 1.82) is 0 Å². The number of para-hydroxylation sites is 2. The molecule has 3 aromatic rings. The Kier molecular flexibility index (Phi) is 9.70. The van der Waals surface area contributed by atoms with Crippen molar-refractivity contribution in [2.75, 3.05) is 11.4 Å². The number of nitrogens with zero attached hydrogens (tertiary/aromatic N) is 1. The zero-order chi connectivity index (χ0) is 28.5. The number of hydrogen-bond acceptors (Lipinski definition) is 5. The molecule has 1 fully saturated rings. The Morgan fingerprint density at radius 1 is 0.825 bits per heavy atom. The first-order valence-corrected chi connectivity index (χ1v) is 13.5. The maximum Gasteiger partial charge on any atom is 0.323 e. The summed E-state index contributed by atoms with van der Waals surface area (Å²) in [5.41, 5.74) is 15.7. The van der Waals surface area contributed by atoms with Gasteiger partial charge < -0.3 is 21.3 Å². The molecule has 0 spiro atoms. The Balaban J connectivity index is 0.000000188. The first-order chi connectivity index (χ1) is 19.4. The van der Waals surface area contributed by atoms with E-state index in [2.05, 4.69) is 0 Å². The van der Waals surface area contributed by atoms with Gasteiger partial charge in [0.1, 0.15) is 5.75 Å². The molecule has 5 N–H and O–H groups in total. The van der Waals surface area contributed by atoms with Gasteiger partial charge in [0.15, 0.2) is 0 Å². The minimum absolute atomic E-state index is 0.0329. The summed E-state index contributed by atoms with van der Waals surface area (Å²) in [6.07, 6.45) is 8.24. The third-order valence-corrected chi connectivity index (χ3v) is 7.30. The van der Waals surface area contributed by atoms with Crippen molar-refractivity contribution in [3.05, 3.63) is 89.5 Å². The summed E-state index contributed by atoms with van der Waals surface area (Å²) in [6.45, 7) is 0.694. The van der Waals surface area contributed by atoms with E-state index in [-0.39, 0.29) is 18.3 Å². The van der Waals surface area contributed by atoms with E-state index >= 15 is 0 Å². The quantitative estimate of drug-likeness (QED) is 0.268. The first-order valence-electron chi connectivity index (χ1n) is 13.5. The van der Waals surface area contributed by atoms with Gasteiger partial charge in [0.05, 0.1) is 17.3 Å². The SMILES string of the molecule is NC(=O)N1c2ccccc2C=Cc2ccccc21.NCC1CCC(C(=O)Oc2ccc(CCC(=O)O)cc2)CC1. The second-order valence-electron chi connectivity index (χ2n) is 10.0. The number of benzene rings is 3. The molecule has 5 rings (SSSR count). The second-order valence-corrected chi connectivity index (χ2v) is 10.0. The van der Waals surface area contributed by atoms with Gasteiger partial charge in [-0.15, -0.1) is 0 Å². The highest BCUT2D eigenvalue weighted by Crippen LogP contribution is 2.35. The molecule has 1 aliphatic heterocycles. The number of primary amides is 1. The molecule has 0 saturated heterocycles. The van der Waals surface area contributed by atoms with Gasteiger partial charge in [-0.1, -0.05) is 60.7 Å². The Hall–Kier alpha value is -4.43. The minimum atomic E-state index is -0.816. The van der Waals surface area contributed by atoms with Gasteiger partial charge in [0.2, 0.25) is 0 Å². The smallest absolute Gasteiger partial charge is 0.323 e. The van der Waals surface area contributed by atoms with Crippen LogP contribution in [0.2, 0.25) is 0 Å². The molecule has 0 unspecified atom stereocenters. The molecule has 1 heterocycles. The molecule has 208 valence electrons. The van der Waals surface area contributed by atoms with Crippen LogP contribution in [0.25, 0.3) is 12.2 Å². The third-order valence-electron chi connectivity index (χ3n) is 7.30. The average molecular weight is 542 g/mol. The topological polar surface area (TPSA) is 136 Å². The molecule has 2 amide bonds. The van der Waals surface area contributed by atoms with Gasteiger partial charge in [-0.2, -0.15) is 0 Å². The van der Waals surface area contributed by atoms with Crippen molar-refractivity contribution in [1.82, 2.24) is 0 Å². The van der Waals surface area contributed by atoms with E-state index < -0.39 is 12.0 Å². The fraction of sp³-hybridized carbons (Fsp3) is 0.281. The molecule has 0 bridgehead atoms. The van der Waals surface area contributed by atoms with E-state index in [1.807, 2.05) is 60.7 Å². The summed E-state index contributed by atoms with van der Waals surface area (Å²) in [7, 11) is 0. The number of ether oxygens (including phenoxy) is 1. The molecule has 0 aromatic heterocycles. The summed E-state index contributed by atoms with van der Waals surface area (Å²) in [5.74, 6) is 0.0365. The number of aryl methyl sites for hydroxylation is 1. The fourth-order valence-corrected chi connectivity index (χ4v) is 5.02.